The number of ether oxygens (including phenoxy) is 1. The SMILES string of the molecule is COc1c(Nc2cc(NC(=O)C3CC3)nnc2C(N)=O)cccc1-c1ncc(CN2CCN(S(C)(=O)=O)CC2)s1. The molecule has 40 heavy (non-hydrogen) atoms. The molecule has 3 aromatic rings. The molecule has 2 fully saturated rings. The summed E-state index contributed by atoms with van der Waals surface area (Å²) in [6.45, 7) is 2.89. The number of methoxy groups -OCH3 is 1. The summed E-state index contributed by atoms with van der Waals surface area (Å²) in [6, 6.07) is 7.02. The van der Waals surface area contributed by atoms with Crippen molar-refractivity contribution in [2.75, 3.05) is 50.2 Å². The Balaban J connectivity index is 1.35. The summed E-state index contributed by atoms with van der Waals surface area (Å²) < 4.78 is 30.8. The molecule has 13 nitrogen and oxygen atoms in total. The van der Waals surface area contributed by atoms with Crippen LogP contribution in [0.1, 0.15) is 28.2 Å². The van der Waals surface area contributed by atoms with E-state index in [-0.39, 0.29) is 29.0 Å². The highest BCUT2D eigenvalue weighted by Crippen LogP contribution is 2.40. The van der Waals surface area contributed by atoms with Crippen molar-refractivity contribution in [3.8, 4) is 16.3 Å². The lowest BCUT2D eigenvalue weighted by Gasteiger charge is -2.32. The monoisotopic (exact) mass is 586 g/mol. The van der Waals surface area contributed by atoms with Gasteiger partial charge >= 0.3 is 0 Å². The van der Waals surface area contributed by atoms with Gasteiger partial charge in [-0.3, -0.25) is 14.5 Å². The summed E-state index contributed by atoms with van der Waals surface area (Å²) in [6.07, 6.45) is 4.73. The van der Waals surface area contributed by atoms with Gasteiger partial charge < -0.3 is 21.1 Å². The first-order valence-corrected chi connectivity index (χ1v) is 15.3. The number of carbonyl (C=O) groups excluding carboxylic acids is 2. The molecule has 1 aliphatic heterocycles. The Morgan fingerprint density at radius 2 is 1.90 bits per heavy atom. The fraction of sp³-hybridized carbons (Fsp3) is 0.400. The van der Waals surface area contributed by atoms with Crippen LogP contribution < -0.4 is 21.1 Å². The van der Waals surface area contributed by atoms with Crippen LogP contribution in [0.15, 0.2) is 30.5 Å². The number of nitrogens with one attached hydrogen (secondary N) is 2. The standard InChI is InChI=1S/C25H30N8O5S2/c1-38-22-17(25-27-13-16(39-25)14-32-8-10-33(11-9-32)40(2,36)37)4-3-5-18(22)28-19-12-20(29-24(35)15-6-7-15)30-31-21(19)23(26)34/h3-5,12-13,15H,6-11,14H2,1-2H3,(H2,26,34)(H2,28,29,30,35). The van der Waals surface area contributed by atoms with Crippen molar-refractivity contribution in [3.63, 3.8) is 0 Å². The number of hydrogen-bond acceptors (Lipinski definition) is 11. The van der Waals surface area contributed by atoms with E-state index >= 15 is 0 Å². The van der Waals surface area contributed by atoms with Crippen LogP contribution in [0.2, 0.25) is 0 Å². The normalized spacial score (nSPS) is 16.4. The second-order valence-electron chi connectivity index (χ2n) is 9.70. The van der Waals surface area contributed by atoms with Crippen LogP contribution in [-0.4, -0.2) is 84.2 Å². The van der Waals surface area contributed by atoms with Gasteiger partial charge in [0.05, 0.1) is 30.3 Å². The molecule has 1 saturated carbocycles. The number of anilines is 3. The third-order valence-electron chi connectivity index (χ3n) is 6.68. The van der Waals surface area contributed by atoms with Crippen LogP contribution in [0.4, 0.5) is 17.2 Å². The van der Waals surface area contributed by atoms with Gasteiger partial charge in [0.2, 0.25) is 15.9 Å². The molecule has 2 aromatic heterocycles. The van der Waals surface area contributed by atoms with Crippen LogP contribution >= 0.6 is 11.3 Å². The van der Waals surface area contributed by atoms with Crippen molar-refractivity contribution >= 4 is 50.4 Å². The summed E-state index contributed by atoms with van der Waals surface area (Å²) in [5.74, 6) is -0.218. The number of sulfonamides is 1. The average molecular weight is 587 g/mol. The maximum atomic E-state index is 12.2. The van der Waals surface area contributed by atoms with Crippen molar-refractivity contribution in [1.29, 1.82) is 0 Å². The van der Waals surface area contributed by atoms with Crippen LogP contribution in [0, 0.1) is 5.92 Å². The second kappa shape index (κ2) is 11.4. The predicted molar refractivity (Wildman–Crippen MR) is 151 cm³/mol. The smallest absolute Gasteiger partial charge is 0.271 e. The Bertz CT molecular complexity index is 1530. The average Bonchev–Trinajstić information content (AvgIpc) is 3.67. The van der Waals surface area contributed by atoms with Crippen molar-refractivity contribution in [3.05, 3.63) is 41.0 Å². The molecule has 2 aliphatic rings. The van der Waals surface area contributed by atoms with Gasteiger partial charge in [0.1, 0.15) is 5.01 Å². The first-order chi connectivity index (χ1) is 19.1. The largest absolute Gasteiger partial charge is 0.494 e. The molecule has 4 N–H and O–H groups in total. The van der Waals surface area contributed by atoms with E-state index in [1.165, 1.54) is 28.0 Å². The Hall–Kier alpha value is -3.66. The summed E-state index contributed by atoms with van der Waals surface area (Å²) in [5.41, 5.74) is 7.02. The Kier molecular flexibility index (Phi) is 7.98. The van der Waals surface area contributed by atoms with Crippen molar-refractivity contribution in [2.24, 2.45) is 11.7 Å². The number of benzene rings is 1. The zero-order valence-electron chi connectivity index (χ0n) is 22.1. The van der Waals surface area contributed by atoms with E-state index < -0.39 is 15.9 Å². The van der Waals surface area contributed by atoms with Crippen molar-refractivity contribution in [1.82, 2.24) is 24.4 Å². The quantitative estimate of drug-likeness (QED) is 0.318. The molecule has 0 spiro atoms. The number of amides is 2. The van der Waals surface area contributed by atoms with Crippen LogP contribution in [-0.2, 0) is 21.4 Å². The first-order valence-electron chi connectivity index (χ1n) is 12.7. The van der Waals surface area contributed by atoms with E-state index in [1.54, 1.807) is 13.2 Å². The second-order valence-corrected chi connectivity index (χ2v) is 12.8. The number of nitrogens with zero attached hydrogens (tertiary/aromatic N) is 5. The molecule has 5 rings (SSSR count). The molecule has 212 valence electrons. The molecule has 1 aliphatic carbocycles. The third-order valence-corrected chi connectivity index (χ3v) is 9.00. The van der Waals surface area contributed by atoms with Gasteiger partial charge in [0.15, 0.2) is 17.3 Å². The molecule has 15 heteroatoms. The topological polar surface area (TPSA) is 173 Å². The molecule has 1 aromatic carbocycles. The minimum absolute atomic E-state index is 0.0221. The summed E-state index contributed by atoms with van der Waals surface area (Å²) in [5, 5.41) is 14.5. The van der Waals surface area contributed by atoms with E-state index in [9.17, 15) is 18.0 Å². The number of nitrogens with two attached hydrogens (primary N) is 1. The number of primary amides is 1. The highest BCUT2D eigenvalue weighted by molar-refractivity contribution is 7.88. The molecule has 2 amide bonds. The zero-order chi connectivity index (χ0) is 28.4. The van der Waals surface area contributed by atoms with Gasteiger partial charge in [0.25, 0.3) is 5.91 Å². The molecule has 0 atom stereocenters. The highest BCUT2D eigenvalue weighted by Gasteiger charge is 2.30. The minimum Gasteiger partial charge on any atom is -0.494 e. The summed E-state index contributed by atoms with van der Waals surface area (Å²) in [4.78, 5) is 32.1. The lowest BCUT2D eigenvalue weighted by atomic mass is 10.1. The van der Waals surface area contributed by atoms with E-state index in [4.69, 9.17) is 10.5 Å². The lowest BCUT2D eigenvalue weighted by molar-refractivity contribution is -0.117. The summed E-state index contributed by atoms with van der Waals surface area (Å²) >= 11 is 1.52. The molecule has 0 unspecified atom stereocenters. The Morgan fingerprint density at radius 1 is 1.15 bits per heavy atom. The van der Waals surface area contributed by atoms with Gasteiger partial charge in [-0.25, -0.2) is 13.4 Å². The number of piperazine rings is 1. The Labute approximate surface area is 235 Å². The maximum absolute atomic E-state index is 12.2. The number of thiazole rings is 1. The van der Waals surface area contributed by atoms with E-state index in [0.29, 0.717) is 44.2 Å². The predicted octanol–water partition coefficient (Wildman–Crippen LogP) is 1.88. The molecule has 0 radical (unpaired) electrons. The maximum Gasteiger partial charge on any atom is 0.271 e. The number of carbonyl (C=O) groups is 2. The third kappa shape index (κ3) is 6.38. The fourth-order valence-corrected chi connectivity index (χ4v) is 6.22. The number of rotatable bonds is 10. The zero-order valence-corrected chi connectivity index (χ0v) is 23.7. The van der Waals surface area contributed by atoms with Gasteiger partial charge in [-0.15, -0.1) is 21.5 Å². The van der Waals surface area contributed by atoms with Crippen molar-refractivity contribution in [2.45, 2.75) is 19.4 Å². The van der Waals surface area contributed by atoms with Crippen LogP contribution in [0.5, 0.6) is 5.75 Å². The van der Waals surface area contributed by atoms with Crippen LogP contribution in [0.25, 0.3) is 10.6 Å². The van der Waals surface area contributed by atoms with Crippen molar-refractivity contribution < 1.29 is 22.7 Å². The van der Waals surface area contributed by atoms with Gasteiger partial charge in [-0.2, -0.15) is 4.31 Å². The van der Waals surface area contributed by atoms with Gasteiger partial charge in [0, 0.05) is 55.8 Å². The summed E-state index contributed by atoms with van der Waals surface area (Å²) in [7, 11) is -1.64. The van der Waals surface area contributed by atoms with E-state index in [2.05, 4.69) is 30.7 Å². The minimum atomic E-state index is -3.18. The first kappa shape index (κ1) is 27.9. The number of hydrogen-bond donors (Lipinski definition) is 3. The molecular formula is C25H30N8O5S2. The van der Waals surface area contributed by atoms with Crippen LogP contribution in [0.3, 0.4) is 0 Å². The molecule has 0 bridgehead atoms. The number of para-hydroxylation sites is 1. The molecule has 1 saturated heterocycles. The highest BCUT2D eigenvalue weighted by atomic mass is 32.2. The number of aromatic nitrogens is 3. The molecular weight excluding hydrogens is 556 g/mol. The van der Waals surface area contributed by atoms with Gasteiger partial charge in [-0.05, 0) is 25.0 Å². The van der Waals surface area contributed by atoms with E-state index in [0.717, 1.165) is 28.3 Å². The lowest BCUT2D eigenvalue weighted by Crippen LogP contribution is -2.47. The van der Waals surface area contributed by atoms with E-state index in [1.807, 2.05) is 18.3 Å². The fourth-order valence-electron chi connectivity index (χ4n) is 4.42. The molecule has 3 heterocycles. The Morgan fingerprint density at radius 3 is 2.55 bits per heavy atom. The van der Waals surface area contributed by atoms with Gasteiger partial charge in [-0.1, -0.05) is 6.07 Å².